The Bertz CT molecular complexity index is 1010. The Kier molecular flexibility index (Phi) is 6.73. The lowest BCUT2D eigenvalue weighted by Gasteiger charge is -2.07. The van der Waals surface area contributed by atoms with E-state index in [-0.39, 0.29) is 13.4 Å². The van der Waals surface area contributed by atoms with Crippen molar-refractivity contribution < 1.29 is 33.3 Å². The summed E-state index contributed by atoms with van der Waals surface area (Å²) in [5.74, 6) is -0.478. The van der Waals surface area contributed by atoms with Gasteiger partial charge in [0.25, 0.3) is 5.91 Å². The molecule has 8 nitrogen and oxygen atoms in total. The summed E-state index contributed by atoms with van der Waals surface area (Å²) in [5.41, 5.74) is 1.79. The Labute approximate surface area is 177 Å². The molecule has 9 heteroatoms. The van der Waals surface area contributed by atoms with E-state index < -0.39 is 24.5 Å². The SMILES string of the molecule is CCOC(=O)c1c(NC(=O)COC(=O)C=Cc2ccc3c(c2)OCO3)sc(C)c1C. The molecule has 1 amide bonds. The van der Waals surface area contributed by atoms with Crippen LogP contribution in [0.25, 0.3) is 6.08 Å². The molecule has 1 aliphatic heterocycles. The van der Waals surface area contributed by atoms with Gasteiger partial charge in [0.1, 0.15) is 5.00 Å². The number of carbonyl (C=O) groups is 3. The van der Waals surface area contributed by atoms with E-state index in [1.54, 1.807) is 38.1 Å². The van der Waals surface area contributed by atoms with Gasteiger partial charge in [-0.25, -0.2) is 9.59 Å². The molecule has 0 aliphatic carbocycles. The van der Waals surface area contributed by atoms with Crippen molar-refractivity contribution in [3.63, 3.8) is 0 Å². The Morgan fingerprint density at radius 2 is 1.93 bits per heavy atom. The number of thiophene rings is 1. The van der Waals surface area contributed by atoms with Gasteiger partial charge in [0.05, 0.1) is 12.2 Å². The highest BCUT2D eigenvalue weighted by atomic mass is 32.1. The van der Waals surface area contributed by atoms with Gasteiger partial charge in [0, 0.05) is 11.0 Å². The van der Waals surface area contributed by atoms with E-state index in [2.05, 4.69) is 5.32 Å². The van der Waals surface area contributed by atoms with Gasteiger partial charge >= 0.3 is 11.9 Å². The first-order valence-electron chi connectivity index (χ1n) is 9.20. The highest BCUT2D eigenvalue weighted by Gasteiger charge is 2.22. The van der Waals surface area contributed by atoms with E-state index in [4.69, 9.17) is 18.9 Å². The predicted molar refractivity (Wildman–Crippen MR) is 111 cm³/mol. The quantitative estimate of drug-likeness (QED) is 0.529. The van der Waals surface area contributed by atoms with Crippen LogP contribution in [0.2, 0.25) is 0 Å². The molecule has 30 heavy (non-hydrogen) atoms. The molecule has 2 heterocycles. The maximum atomic E-state index is 12.2. The number of anilines is 1. The number of aryl methyl sites for hydroxylation is 1. The topological polar surface area (TPSA) is 100 Å². The minimum Gasteiger partial charge on any atom is -0.462 e. The van der Waals surface area contributed by atoms with Crippen LogP contribution >= 0.6 is 11.3 Å². The summed E-state index contributed by atoms with van der Waals surface area (Å²) in [5, 5.41) is 2.99. The van der Waals surface area contributed by atoms with Crippen LogP contribution < -0.4 is 14.8 Å². The highest BCUT2D eigenvalue weighted by molar-refractivity contribution is 7.16. The van der Waals surface area contributed by atoms with Gasteiger partial charge in [-0.1, -0.05) is 6.07 Å². The smallest absolute Gasteiger partial charge is 0.341 e. The fourth-order valence-electron chi connectivity index (χ4n) is 2.69. The molecule has 0 saturated heterocycles. The first-order chi connectivity index (χ1) is 14.4. The Morgan fingerprint density at radius 1 is 1.17 bits per heavy atom. The van der Waals surface area contributed by atoms with Crippen molar-refractivity contribution in [2.24, 2.45) is 0 Å². The Morgan fingerprint density at radius 3 is 2.70 bits per heavy atom. The second-order valence-corrected chi connectivity index (χ2v) is 7.53. The molecule has 158 valence electrons. The van der Waals surface area contributed by atoms with Gasteiger partial charge < -0.3 is 24.3 Å². The molecular formula is C21H21NO7S. The van der Waals surface area contributed by atoms with E-state index in [0.29, 0.717) is 22.1 Å². The minimum atomic E-state index is -0.674. The first-order valence-corrected chi connectivity index (χ1v) is 10.0. The molecule has 0 radical (unpaired) electrons. The van der Waals surface area contributed by atoms with Crippen molar-refractivity contribution in [2.45, 2.75) is 20.8 Å². The second-order valence-electron chi connectivity index (χ2n) is 6.31. The third kappa shape index (κ3) is 4.98. The predicted octanol–water partition coefficient (Wildman–Crippen LogP) is 3.47. The number of ether oxygens (including phenoxy) is 4. The summed E-state index contributed by atoms with van der Waals surface area (Å²) in [6.45, 7) is 5.26. The van der Waals surface area contributed by atoms with Crippen molar-refractivity contribution in [2.75, 3.05) is 25.3 Å². The van der Waals surface area contributed by atoms with Crippen LogP contribution in [-0.2, 0) is 19.1 Å². The highest BCUT2D eigenvalue weighted by Crippen LogP contribution is 2.33. The maximum absolute atomic E-state index is 12.2. The average molecular weight is 431 g/mol. The fourth-order valence-corrected chi connectivity index (χ4v) is 3.76. The summed E-state index contributed by atoms with van der Waals surface area (Å²) in [7, 11) is 0. The zero-order chi connectivity index (χ0) is 21.7. The van der Waals surface area contributed by atoms with E-state index in [9.17, 15) is 14.4 Å². The van der Waals surface area contributed by atoms with Crippen molar-refractivity contribution in [3.05, 3.63) is 45.8 Å². The number of nitrogens with one attached hydrogen (secondary N) is 1. The van der Waals surface area contributed by atoms with Crippen molar-refractivity contribution >= 4 is 40.3 Å². The molecule has 1 aromatic heterocycles. The van der Waals surface area contributed by atoms with Crippen LogP contribution in [0.3, 0.4) is 0 Å². The molecule has 3 rings (SSSR count). The average Bonchev–Trinajstić information content (AvgIpc) is 3.28. The van der Waals surface area contributed by atoms with Gasteiger partial charge in [0.15, 0.2) is 18.1 Å². The fraction of sp³-hybridized carbons (Fsp3) is 0.286. The number of rotatable bonds is 7. The van der Waals surface area contributed by atoms with Crippen molar-refractivity contribution in [1.29, 1.82) is 0 Å². The molecule has 0 bridgehead atoms. The van der Waals surface area contributed by atoms with Gasteiger partial charge in [0.2, 0.25) is 6.79 Å². The molecule has 0 spiro atoms. The molecule has 2 aromatic rings. The molecule has 1 N–H and O–H groups in total. The number of hydrogen-bond acceptors (Lipinski definition) is 8. The molecular weight excluding hydrogens is 410 g/mol. The van der Waals surface area contributed by atoms with E-state index in [1.807, 2.05) is 6.92 Å². The largest absolute Gasteiger partial charge is 0.462 e. The lowest BCUT2D eigenvalue weighted by molar-refractivity contribution is -0.142. The van der Waals surface area contributed by atoms with E-state index in [1.165, 1.54) is 17.4 Å². The molecule has 1 aromatic carbocycles. The lowest BCUT2D eigenvalue weighted by atomic mass is 10.1. The van der Waals surface area contributed by atoms with Crippen LogP contribution in [0.1, 0.15) is 33.3 Å². The second kappa shape index (κ2) is 9.45. The zero-order valence-electron chi connectivity index (χ0n) is 16.8. The van der Waals surface area contributed by atoms with Crippen LogP contribution in [0.4, 0.5) is 5.00 Å². The minimum absolute atomic E-state index is 0.167. The summed E-state index contributed by atoms with van der Waals surface area (Å²) in [4.78, 5) is 37.1. The summed E-state index contributed by atoms with van der Waals surface area (Å²) in [6.07, 6.45) is 2.77. The number of amides is 1. The van der Waals surface area contributed by atoms with Crippen molar-refractivity contribution in [1.82, 2.24) is 0 Å². The lowest BCUT2D eigenvalue weighted by Crippen LogP contribution is -2.21. The Balaban J connectivity index is 1.55. The van der Waals surface area contributed by atoms with Gasteiger partial charge in [-0.3, -0.25) is 4.79 Å². The summed E-state index contributed by atoms with van der Waals surface area (Å²) < 4.78 is 20.5. The van der Waals surface area contributed by atoms with Gasteiger partial charge in [-0.2, -0.15) is 0 Å². The molecule has 0 unspecified atom stereocenters. The van der Waals surface area contributed by atoms with Gasteiger partial charge in [-0.15, -0.1) is 11.3 Å². The van der Waals surface area contributed by atoms with Crippen LogP contribution in [0, 0.1) is 13.8 Å². The van der Waals surface area contributed by atoms with E-state index in [0.717, 1.165) is 16.0 Å². The third-order valence-electron chi connectivity index (χ3n) is 4.27. The Hall–Kier alpha value is -3.33. The molecule has 1 aliphatic rings. The standard InChI is InChI=1S/C21H21NO7S/c1-4-26-21(25)19-12(2)13(3)30-20(19)22-17(23)10-27-18(24)8-6-14-5-7-15-16(9-14)29-11-28-15/h5-9H,4,10-11H2,1-3H3,(H,22,23). The first kappa shape index (κ1) is 21.4. The van der Waals surface area contributed by atoms with Crippen LogP contribution in [0.15, 0.2) is 24.3 Å². The number of fused-ring (bicyclic) bond motifs is 1. The normalized spacial score (nSPS) is 12.1. The summed E-state index contributed by atoms with van der Waals surface area (Å²) >= 11 is 1.27. The van der Waals surface area contributed by atoms with E-state index >= 15 is 0 Å². The molecule has 0 fully saturated rings. The van der Waals surface area contributed by atoms with Gasteiger partial charge in [-0.05, 0) is 50.1 Å². The molecule has 0 atom stereocenters. The van der Waals surface area contributed by atoms with Crippen LogP contribution in [0.5, 0.6) is 11.5 Å². The van der Waals surface area contributed by atoms with Crippen LogP contribution in [-0.4, -0.2) is 37.9 Å². The number of esters is 2. The zero-order valence-corrected chi connectivity index (χ0v) is 17.6. The monoisotopic (exact) mass is 431 g/mol. The molecule has 0 saturated carbocycles. The maximum Gasteiger partial charge on any atom is 0.341 e. The number of benzene rings is 1. The summed E-state index contributed by atoms with van der Waals surface area (Å²) in [6, 6.07) is 5.24. The number of hydrogen-bond donors (Lipinski definition) is 1. The number of carbonyl (C=O) groups excluding carboxylic acids is 3. The van der Waals surface area contributed by atoms with Crippen molar-refractivity contribution in [3.8, 4) is 11.5 Å². The third-order valence-corrected chi connectivity index (χ3v) is 5.39.